The fourth-order valence-electron chi connectivity index (χ4n) is 2.01. The first-order valence-corrected chi connectivity index (χ1v) is 7.18. The van der Waals surface area contributed by atoms with E-state index in [9.17, 15) is 0 Å². The van der Waals surface area contributed by atoms with E-state index in [1.165, 1.54) is 19.8 Å². The zero-order chi connectivity index (χ0) is 11.0. The van der Waals surface area contributed by atoms with Crippen molar-refractivity contribution in [2.75, 3.05) is 0 Å². The number of para-hydroxylation sites is 2. The van der Waals surface area contributed by atoms with Crippen LogP contribution >= 0.6 is 0 Å². The van der Waals surface area contributed by atoms with Gasteiger partial charge in [0.1, 0.15) is 0 Å². The molecule has 16 heavy (non-hydrogen) atoms. The second kappa shape index (κ2) is 4.05. The summed E-state index contributed by atoms with van der Waals surface area (Å²) >= 11 is 1.06. The second-order valence-electron chi connectivity index (χ2n) is 3.76. The Morgan fingerprint density at radius 3 is 2.31 bits per heavy atom. The van der Waals surface area contributed by atoms with Gasteiger partial charge in [0, 0.05) is 0 Å². The maximum absolute atomic E-state index is 2.35. The van der Waals surface area contributed by atoms with Gasteiger partial charge < -0.3 is 0 Å². The summed E-state index contributed by atoms with van der Waals surface area (Å²) in [5, 5.41) is 1.33. The predicted octanol–water partition coefficient (Wildman–Crippen LogP) is 2.42. The molecule has 1 aromatic heterocycles. The summed E-state index contributed by atoms with van der Waals surface area (Å²) in [5.74, 6) is 0. The number of rotatable bonds is 1. The van der Waals surface area contributed by atoms with Gasteiger partial charge in [-0.1, -0.05) is 0 Å². The summed E-state index contributed by atoms with van der Waals surface area (Å²) in [6, 6.07) is 21.4. The molecule has 0 N–H and O–H groups in total. The van der Waals surface area contributed by atoms with Crippen LogP contribution in [0, 0.1) is 0 Å². The Kier molecular flexibility index (Phi) is 2.55. The van der Waals surface area contributed by atoms with Crippen molar-refractivity contribution >= 4 is 39.9 Å². The van der Waals surface area contributed by atoms with Gasteiger partial charge in [-0.2, -0.15) is 0 Å². The van der Waals surface area contributed by atoms with Gasteiger partial charge in [0.05, 0.1) is 0 Å². The van der Waals surface area contributed by atoms with Gasteiger partial charge in [0.15, 0.2) is 0 Å². The normalized spacial score (nSPS) is 10.8. The predicted molar refractivity (Wildman–Crippen MR) is 68.7 cm³/mol. The molecule has 2 aromatic carbocycles. The Balaban J connectivity index is 2.35. The van der Waals surface area contributed by atoms with Crippen molar-refractivity contribution in [2.45, 2.75) is 0 Å². The summed E-state index contributed by atoms with van der Waals surface area (Å²) in [6.07, 6.45) is 0. The van der Waals surface area contributed by atoms with Crippen LogP contribution in [0.4, 0.5) is 0 Å². The Bertz CT molecular complexity index is 626. The second-order valence-corrected chi connectivity index (χ2v) is 5.75. The molecule has 1 heterocycles. The molecular weight excluding hydrogens is 389 g/mol. The molecule has 0 atom stereocenters. The van der Waals surface area contributed by atoms with Crippen molar-refractivity contribution in [2.24, 2.45) is 0 Å². The molecule has 0 fully saturated rings. The van der Waals surface area contributed by atoms with Gasteiger partial charge >= 0.3 is 111 Å². The Labute approximate surface area is 110 Å². The van der Waals surface area contributed by atoms with Crippen LogP contribution in [0.5, 0.6) is 0 Å². The first kappa shape index (κ1) is 10.1. The van der Waals surface area contributed by atoms with Crippen molar-refractivity contribution in [3.63, 3.8) is 0 Å². The molecule has 2 heteroatoms. The summed E-state index contributed by atoms with van der Waals surface area (Å²) in [7, 11) is 0. The quantitative estimate of drug-likeness (QED) is 0.554. The van der Waals surface area contributed by atoms with Gasteiger partial charge in [-0.15, -0.1) is 0 Å². The first-order chi connectivity index (χ1) is 7.86. The van der Waals surface area contributed by atoms with Crippen LogP contribution in [0.1, 0.15) is 0 Å². The Morgan fingerprint density at radius 2 is 1.50 bits per heavy atom. The van der Waals surface area contributed by atoms with Gasteiger partial charge in [-0.25, -0.2) is 0 Å². The monoisotopic (exact) mass is 400 g/mol. The van der Waals surface area contributed by atoms with Crippen LogP contribution in [0.25, 0.3) is 16.6 Å². The number of hydrogen-bond donors (Lipinski definition) is 0. The van der Waals surface area contributed by atoms with E-state index in [1.807, 2.05) is 0 Å². The summed E-state index contributed by atoms with van der Waals surface area (Å²) in [6.45, 7) is 0. The Morgan fingerprint density at radius 1 is 0.812 bits per heavy atom. The fourth-order valence-corrected chi connectivity index (χ4v) is 3.58. The van der Waals surface area contributed by atoms with E-state index in [-0.39, 0.29) is 0 Å². The number of benzene rings is 2. The molecule has 0 amide bonds. The first-order valence-electron chi connectivity index (χ1n) is 5.24. The van der Waals surface area contributed by atoms with E-state index >= 15 is 0 Å². The van der Waals surface area contributed by atoms with Crippen LogP contribution in [0.15, 0.2) is 60.7 Å². The molecule has 75 valence electrons. The third-order valence-electron chi connectivity index (χ3n) is 2.73. The van der Waals surface area contributed by atoms with Gasteiger partial charge in [0.25, 0.3) is 0 Å². The third-order valence-corrected chi connectivity index (χ3v) is 4.16. The van der Waals surface area contributed by atoms with E-state index in [0.29, 0.717) is 0 Å². The maximum atomic E-state index is 2.35. The van der Waals surface area contributed by atoms with Crippen molar-refractivity contribution in [3.8, 4) is 5.69 Å². The molecule has 0 saturated carbocycles. The molecule has 0 unspecified atom stereocenters. The van der Waals surface area contributed by atoms with E-state index in [2.05, 4.69) is 65.2 Å². The molecule has 0 aliphatic carbocycles. The zero-order valence-electron chi connectivity index (χ0n) is 8.72. The summed E-state index contributed by atoms with van der Waals surface area (Å²) in [5.41, 5.74) is 2.56. The van der Waals surface area contributed by atoms with E-state index in [0.717, 1.165) is 25.8 Å². The molecule has 3 rings (SSSR count). The molecule has 0 saturated heterocycles. The van der Waals surface area contributed by atoms with Gasteiger partial charge in [0.2, 0.25) is 0 Å². The minimum absolute atomic E-state index is 1.06. The van der Waals surface area contributed by atoms with Gasteiger partial charge in [-0.05, 0) is 0 Å². The average molecular weight is 399 g/mol. The number of hydrogen-bond acceptors (Lipinski definition) is 0. The molecule has 0 spiro atoms. The zero-order valence-corrected chi connectivity index (χ0v) is 12.6. The van der Waals surface area contributed by atoms with E-state index < -0.39 is 0 Å². The molecule has 3 radical (unpaired) electrons. The third kappa shape index (κ3) is 1.59. The average Bonchev–Trinajstić information content (AvgIpc) is 2.66. The number of nitrogens with zero attached hydrogens (tertiary/aromatic N) is 1. The van der Waals surface area contributed by atoms with Crippen molar-refractivity contribution in [3.05, 3.63) is 60.7 Å². The van der Waals surface area contributed by atoms with Crippen LogP contribution in [0.2, 0.25) is 0 Å². The van der Waals surface area contributed by atoms with Gasteiger partial charge in [-0.3, -0.25) is 0 Å². The van der Waals surface area contributed by atoms with Crippen LogP contribution < -0.4 is 3.25 Å². The standard InChI is InChI=1S/C14H10N.Pb/c1-2-7-13(8-3-1)15-11-10-12-6-4-5-9-14(12)15;/h1-10H;. The summed E-state index contributed by atoms with van der Waals surface area (Å²) < 4.78 is 3.76. The van der Waals surface area contributed by atoms with E-state index in [4.69, 9.17) is 0 Å². The van der Waals surface area contributed by atoms with Crippen LogP contribution in [0.3, 0.4) is 0 Å². The minimum atomic E-state index is 1.06. The van der Waals surface area contributed by atoms with Crippen LogP contribution in [-0.2, 0) is 0 Å². The van der Waals surface area contributed by atoms with Crippen molar-refractivity contribution < 1.29 is 0 Å². The molecule has 0 aliphatic rings. The molecular formula is C14H10NPb. The molecule has 0 aliphatic heterocycles. The number of aromatic nitrogens is 1. The SMILES string of the molecule is [Pb][c]1cc2ccccc2n1-c1ccccc1. The van der Waals surface area contributed by atoms with E-state index in [1.54, 1.807) is 0 Å². The van der Waals surface area contributed by atoms with Crippen molar-refractivity contribution in [1.29, 1.82) is 0 Å². The topological polar surface area (TPSA) is 4.93 Å². The van der Waals surface area contributed by atoms with Crippen molar-refractivity contribution in [1.82, 2.24) is 4.57 Å². The fraction of sp³-hybridized carbons (Fsp3) is 0. The molecule has 1 nitrogen and oxygen atoms in total. The van der Waals surface area contributed by atoms with Crippen LogP contribution in [-0.4, -0.2) is 30.3 Å². The Hall–Kier alpha value is -1.10. The summed E-state index contributed by atoms with van der Waals surface area (Å²) in [4.78, 5) is 0. The molecule has 3 aromatic rings. The molecule has 0 bridgehead atoms. The number of fused-ring (bicyclic) bond motifs is 1.